The van der Waals surface area contributed by atoms with Gasteiger partial charge in [0.15, 0.2) is 6.54 Å². The molecule has 0 spiro atoms. The second-order valence-electron chi connectivity index (χ2n) is 7.07. The molecule has 0 saturated heterocycles. The number of hydrogen-bond donors (Lipinski definition) is 2. The standard InChI is InChI=1S/C22H26N2O5/c1-14-6-7-16(15(2)8-14)12-24(3)13-20(25)23-19-10-17(21(26)28-4)9-18(11-19)22(27)29-5/h6-11H,12-13H2,1-5H3,(H,23,25)/p+1. The Balaban J connectivity index is 2.10. The molecule has 0 aliphatic rings. The van der Waals surface area contributed by atoms with Gasteiger partial charge in [-0.2, -0.15) is 0 Å². The summed E-state index contributed by atoms with van der Waals surface area (Å²) >= 11 is 0. The van der Waals surface area contributed by atoms with Crippen LogP contribution in [0.2, 0.25) is 0 Å². The van der Waals surface area contributed by atoms with E-state index in [9.17, 15) is 14.4 Å². The lowest BCUT2D eigenvalue weighted by Gasteiger charge is -2.16. The topological polar surface area (TPSA) is 86.1 Å². The highest BCUT2D eigenvalue weighted by Crippen LogP contribution is 2.17. The lowest BCUT2D eigenvalue weighted by molar-refractivity contribution is -0.885. The van der Waals surface area contributed by atoms with Crippen LogP contribution in [0.25, 0.3) is 0 Å². The molecule has 0 saturated carbocycles. The second-order valence-corrected chi connectivity index (χ2v) is 7.07. The molecule has 7 heteroatoms. The van der Waals surface area contributed by atoms with Crippen molar-refractivity contribution in [3.63, 3.8) is 0 Å². The molecule has 0 aliphatic heterocycles. The molecule has 1 unspecified atom stereocenters. The SMILES string of the molecule is COC(=O)c1cc(NC(=O)C[NH+](C)Cc2ccc(C)cc2C)cc(C(=O)OC)c1. The fraction of sp³-hybridized carbons (Fsp3) is 0.318. The van der Waals surface area contributed by atoms with E-state index < -0.39 is 11.9 Å². The Morgan fingerprint density at radius 1 is 0.931 bits per heavy atom. The summed E-state index contributed by atoms with van der Waals surface area (Å²) in [7, 11) is 4.43. The average Bonchev–Trinajstić information content (AvgIpc) is 2.68. The lowest BCUT2D eigenvalue weighted by atomic mass is 10.1. The lowest BCUT2D eigenvalue weighted by Crippen LogP contribution is -3.08. The number of rotatable bonds is 7. The molecule has 0 radical (unpaired) electrons. The zero-order chi connectivity index (χ0) is 21.6. The van der Waals surface area contributed by atoms with Crippen molar-refractivity contribution in [1.29, 1.82) is 0 Å². The Kier molecular flexibility index (Phi) is 7.50. The largest absolute Gasteiger partial charge is 0.465 e. The van der Waals surface area contributed by atoms with E-state index in [2.05, 4.69) is 30.4 Å². The van der Waals surface area contributed by atoms with Crippen molar-refractivity contribution in [2.24, 2.45) is 0 Å². The monoisotopic (exact) mass is 399 g/mol. The van der Waals surface area contributed by atoms with Crippen molar-refractivity contribution in [2.75, 3.05) is 33.1 Å². The van der Waals surface area contributed by atoms with Crippen LogP contribution in [0.4, 0.5) is 5.69 Å². The van der Waals surface area contributed by atoms with Gasteiger partial charge in [0.1, 0.15) is 6.54 Å². The Morgan fingerprint density at radius 3 is 2.03 bits per heavy atom. The summed E-state index contributed by atoms with van der Waals surface area (Å²) < 4.78 is 9.41. The first-order valence-corrected chi connectivity index (χ1v) is 9.22. The van der Waals surface area contributed by atoms with Crippen LogP contribution in [0.1, 0.15) is 37.4 Å². The number of esters is 2. The number of carbonyl (C=O) groups is 3. The Labute approximate surface area is 170 Å². The minimum absolute atomic E-state index is 0.154. The summed E-state index contributed by atoms with van der Waals surface area (Å²) in [4.78, 5) is 37.2. The summed E-state index contributed by atoms with van der Waals surface area (Å²) in [6.07, 6.45) is 0. The molecule has 2 N–H and O–H groups in total. The number of likely N-dealkylation sites (N-methyl/N-ethyl adjacent to an activating group) is 1. The number of amides is 1. The van der Waals surface area contributed by atoms with Crippen LogP contribution >= 0.6 is 0 Å². The van der Waals surface area contributed by atoms with Gasteiger partial charge in [-0.1, -0.05) is 23.8 Å². The maximum Gasteiger partial charge on any atom is 0.337 e. The number of aryl methyl sites for hydroxylation is 2. The molecular weight excluding hydrogens is 372 g/mol. The van der Waals surface area contributed by atoms with E-state index in [0.717, 1.165) is 4.90 Å². The third-order valence-electron chi connectivity index (χ3n) is 4.51. The quantitative estimate of drug-likeness (QED) is 0.690. The van der Waals surface area contributed by atoms with Gasteiger partial charge >= 0.3 is 11.9 Å². The number of ether oxygens (including phenoxy) is 2. The predicted octanol–water partition coefficient (Wildman–Crippen LogP) is 1.53. The van der Waals surface area contributed by atoms with Crippen LogP contribution in [-0.4, -0.2) is 45.7 Å². The molecule has 2 rings (SSSR count). The molecule has 1 atom stereocenters. The number of anilines is 1. The summed E-state index contributed by atoms with van der Waals surface area (Å²) in [5, 5.41) is 2.75. The van der Waals surface area contributed by atoms with Crippen LogP contribution < -0.4 is 10.2 Å². The van der Waals surface area contributed by atoms with Crippen molar-refractivity contribution < 1.29 is 28.8 Å². The van der Waals surface area contributed by atoms with Crippen molar-refractivity contribution in [3.8, 4) is 0 Å². The molecule has 7 nitrogen and oxygen atoms in total. The molecule has 1 amide bonds. The molecule has 2 aromatic carbocycles. The smallest absolute Gasteiger partial charge is 0.337 e. The Hall–Kier alpha value is -3.19. The van der Waals surface area contributed by atoms with Gasteiger partial charge in [0, 0.05) is 11.3 Å². The molecule has 0 heterocycles. The van der Waals surface area contributed by atoms with Crippen LogP contribution in [0.3, 0.4) is 0 Å². The van der Waals surface area contributed by atoms with E-state index in [1.807, 2.05) is 14.0 Å². The molecule has 0 fully saturated rings. The number of methoxy groups -OCH3 is 2. The number of benzene rings is 2. The normalized spacial score (nSPS) is 11.5. The average molecular weight is 399 g/mol. The maximum atomic E-state index is 12.5. The summed E-state index contributed by atoms with van der Waals surface area (Å²) in [6.45, 7) is 5.03. The highest BCUT2D eigenvalue weighted by molar-refractivity contribution is 5.99. The molecular formula is C22H27N2O5+. The number of carbonyl (C=O) groups excluding carboxylic acids is 3. The van der Waals surface area contributed by atoms with E-state index in [-0.39, 0.29) is 23.6 Å². The van der Waals surface area contributed by atoms with Gasteiger partial charge in [0.05, 0.1) is 32.4 Å². The maximum absolute atomic E-state index is 12.5. The van der Waals surface area contributed by atoms with E-state index in [1.54, 1.807) is 0 Å². The van der Waals surface area contributed by atoms with E-state index in [0.29, 0.717) is 12.2 Å². The third kappa shape index (κ3) is 6.15. The minimum Gasteiger partial charge on any atom is -0.465 e. The summed E-state index contributed by atoms with van der Waals surface area (Å²) in [6, 6.07) is 10.6. The van der Waals surface area contributed by atoms with Gasteiger partial charge in [-0.25, -0.2) is 9.59 Å². The fourth-order valence-electron chi connectivity index (χ4n) is 3.08. The van der Waals surface area contributed by atoms with Gasteiger partial charge in [-0.3, -0.25) is 4.79 Å². The van der Waals surface area contributed by atoms with Gasteiger partial charge in [-0.15, -0.1) is 0 Å². The van der Waals surface area contributed by atoms with Crippen molar-refractivity contribution >= 4 is 23.5 Å². The van der Waals surface area contributed by atoms with Crippen LogP contribution in [0.15, 0.2) is 36.4 Å². The molecule has 29 heavy (non-hydrogen) atoms. The molecule has 154 valence electrons. The number of quaternary nitrogens is 1. The molecule has 0 bridgehead atoms. The van der Waals surface area contributed by atoms with Crippen LogP contribution in [0, 0.1) is 13.8 Å². The van der Waals surface area contributed by atoms with Gasteiger partial charge in [0.25, 0.3) is 5.91 Å². The predicted molar refractivity (Wildman–Crippen MR) is 109 cm³/mol. The van der Waals surface area contributed by atoms with Gasteiger partial charge in [-0.05, 0) is 37.6 Å². The highest BCUT2D eigenvalue weighted by atomic mass is 16.5. The van der Waals surface area contributed by atoms with E-state index in [1.165, 1.54) is 49.1 Å². The van der Waals surface area contributed by atoms with Crippen molar-refractivity contribution in [3.05, 3.63) is 64.2 Å². The van der Waals surface area contributed by atoms with Crippen molar-refractivity contribution in [1.82, 2.24) is 0 Å². The van der Waals surface area contributed by atoms with Gasteiger partial charge in [0.2, 0.25) is 0 Å². The molecule has 0 aliphatic carbocycles. The van der Waals surface area contributed by atoms with Crippen molar-refractivity contribution in [2.45, 2.75) is 20.4 Å². The number of hydrogen-bond acceptors (Lipinski definition) is 5. The highest BCUT2D eigenvalue weighted by Gasteiger charge is 2.17. The van der Waals surface area contributed by atoms with Crippen LogP contribution in [0.5, 0.6) is 0 Å². The molecule has 0 aromatic heterocycles. The first kappa shape index (κ1) is 22.1. The third-order valence-corrected chi connectivity index (χ3v) is 4.51. The second kappa shape index (κ2) is 9.84. The first-order chi connectivity index (χ1) is 13.7. The Bertz CT molecular complexity index is 889. The van der Waals surface area contributed by atoms with E-state index >= 15 is 0 Å². The minimum atomic E-state index is -0.608. The number of nitrogens with one attached hydrogen (secondary N) is 2. The van der Waals surface area contributed by atoms with Gasteiger partial charge < -0.3 is 19.7 Å². The summed E-state index contributed by atoms with van der Waals surface area (Å²) in [5.74, 6) is -1.45. The van der Waals surface area contributed by atoms with E-state index in [4.69, 9.17) is 9.47 Å². The fourth-order valence-corrected chi connectivity index (χ4v) is 3.08. The zero-order valence-electron chi connectivity index (χ0n) is 17.4. The van der Waals surface area contributed by atoms with Crippen LogP contribution in [-0.2, 0) is 20.8 Å². The molecule has 2 aromatic rings. The summed E-state index contributed by atoms with van der Waals surface area (Å²) in [5.41, 5.74) is 4.22. The zero-order valence-corrected chi connectivity index (χ0v) is 17.4. The first-order valence-electron chi connectivity index (χ1n) is 9.22. The Morgan fingerprint density at radius 2 is 1.52 bits per heavy atom.